The van der Waals surface area contributed by atoms with Gasteiger partial charge < -0.3 is 0 Å². The van der Waals surface area contributed by atoms with Crippen molar-refractivity contribution in [1.29, 1.82) is 0 Å². The number of carbonyl (C=O) groups excluding carboxylic acids is 1. The Morgan fingerprint density at radius 2 is 1.81 bits per heavy atom. The second-order valence-corrected chi connectivity index (χ2v) is 9.22. The van der Waals surface area contributed by atoms with Gasteiger partial charge in [-0.2, -0.15) is 5.10 Å². The largest absolute Gasteiger partial charge is 0.299 e. The molecule has 0 radical (unpaired) electrons. The topological polar surface area (TPSA) is 44.7 Å². The molecule has 1 aliphatic rings. The van der Waals surface area contributed by atoms with Gasteiger partial charge in [-0.15, -0.1) is 11.3 Å². The van der Waals surface area contributed by atoms with E-state index < -0.39 is 0 Å². The summed E-state index contributed by atoms with van der Waals surface area (Å²) in [5.41, 5.74) is 7.11. The lowest BCUT2D eigenvalue weighted by Gasteiger charge is -2.32. The first-order valence-electron chi connectivity index (χ1n) is 10.9. The Morgan fingerprint density at radius 3 is 2.48 bits per heavy atom. The van der Waals surface area contributed by atoms with Crippen molar-refractivity contribution in [3.8, 4) is 0 Å². The molecule has 160 valence electrons. The molecule has 4 nitrogen and oxygen atoms in total. The first kappa shape index (κ1) is 21.5. The smallest absolute Gasteiger partial charge is 0.271 e. The van der Waals surface area contributed by atoms with Crippen LogP contribution in [0.5, 0.6) is 0 Å². The van der Waals surface area contributed by atoms with Crippen LogP contribution < -0.4 is 5.43 Å². The van der Waals surface area contributed by atoms with Crippen molar-refractivity contribution in [3.63, 3.8) is 0 Å². The van der Waals surface area contributed by atoms with Crippen molar-refractivity contribution in [2.45, 2.75) is 32.7 Å². The molecule has 2 aromatic carbocycles. The molecule has 0 unspecified atom stereocenters. The van der Waals surface area contributed by atoms with Gasteiger partial charge in [0.25, 0.3) is 5.91 Å². The van der Waals surface area contributed by atoms with E-state index in [2.05, 4.69) is 57.9 Å². The molecule has 1 saturated heterocycles. The van der Waals surface area contributed by atoms with Crippen LogP contribution in [0.1, 0.15) is 44.8 Å². The lowest BCUT2D eigenvalue weighted by molar-refractivity contribution is 0.0955. The van der Waals surface area contributed by atoms with E-state index in [9.17, 15) is 4.79 Å². The number of thiophene rings is 1. The van der Waals surface area contributed by atoms with Gasteiger partial charge in [-0.05, 0) is 85.5 Å². The summed E-state index contributed by atoms with van der Waals surface area (Å²) in [6, 6.07) is 20.7. The summed E-state index contributed by atoms with van der Waals surface area (Å²) in [5.74, 6) is 0.599. The highest BCUT2D eigenvalue weighted by Gasteiger charge is 2.19. The Kier molecular flexibility index (Phi) is 7.28. The van der Waals surface area contributed by atoms with Crippen LogP contribution in [-0.4, -0.2) is 30.1 Å². The zero-order valence-electron chi connectivity index (χ0n) is 18.0. The molecule has 1 N–H and O–H groups in total. The number of hydrazone groups is 1. The van der Waals surface area contributed by atoms with E-state index in [1.807, 2.05) is 30.5 Å². The molecule has 1 aromatic heterocycles. The normalized spacial score (nSPS) is 15.4. The molecule has 1 fully saturated rings. The second kappa shape index (κ2) is 10.5. The Bertz CT molecular complexity index is 1000. The molecule has 0 saturated carbocycles. The summed E-state index contributed by atoms with van der Waals surface area (Å²) in [4.78, 5) is 15.9. The van der Waals surface area contributed by atoms with Crippen molar-refractivity contribution in [2.24, 2.45) is 11.0 Å². The quantitative estimate of drug-likeness (QED) is 0.409. The molecule has 5 heteroatoms. The molecule has 31 heavy (non-hydrogen) atoms. The molecule has 2 heterocycles. The van der Waals surface area contributed by atoms with Crippen molar-refractivity contribution >= 4 is 23.5 Å². The summed E-state index contributed by atoms with van der Waals surface area (Å²) in [6.07, 6.45) is 5.38. The van der Waals surface area contributed by atoms with Crippen LogP contribution in [0.3, 0.4) is 0 Å². The first-order valence-corrected chi connectivity index (χ1v) is 11.8. The maximum absolute atomic E-state index is 12.3. The summed E-state index contributed by atoms with van der Waals surface area (Å²) in [7, 11) is 0. The molecule has 0 bridgehead atoms. The fourth-order valence-electron chi connectivity index (χ4n) is 4.05. The molecule has 4 rings (SSSR count). The van der Waals surface area contributed by atoms with Crippen LogP contribution in [-0.2, 0) is 13.0 Å². The average molecular weight is 432 g/mol. The van der Waals surface area contributed by atoms with Gasteiger partial charge in [-0.25, -0.2) is 5.43 Å². The number of nitrogens with zero attached hydrogens (tertiary/aromatic N) is 2. The van der Waals surface area contributed by atoms with E-state index >= 15 is 0 Å². The van der Waals surface area contributed by atoms with Gasteiger partial charge in [0.15, 0.2) is 0 Å². The molecular formula is C26H29N3OS. The first-order chi connectivity index (χ1) is 15.2. The number of amides is 1. The number of likely N-dealkylation sites (tertiary alicyclic amines) is 1. The third-order valence-electron chi connectivity index (χ3n) is 5.95. The van der Waals surface area contributed by atoms with Gasteiger partial charge in [-0.1, -0.05) is 42.5 Å². The Hall–Kier alpha value is -2.76. The summed E-state index contributed by atoms with van der Waals surface area (Å²) >= 11 is 1.61. The van der Waals surface area contributed by atoms with Gasteiger partial charge in [0.1, 0.15) is 0 Å². The van der Waals surface area contributed by atoms with Crippen LogP contribution in [0.2, 0.25) is 0 Å². The van der Waals surface area contributed by atoms with Crippen molar-refractivity contribution in [1.82, 2.24) is 10.3 Å². The van der Waals surface area contributed by atoms with Gasteiger partial charge in [-0.3, -0.25) is 9.69 Å². The monoisotopic (exact) mass is 431 g/mol. The minimum atomic E-state index is -0.182. The van der Waals surface area contributed by atoms with Gasteiger partial charge >= 0.3 is 0 Å². The molecular weight excluding hydrogens is 402 g/mol. The molecule has 0 atom stereocenters. The highest BCUT2D eigenvalue weighted by Crippen LogP contribution is 2.23. The fourth-order valence-corrected chi connectivity index (χ4v) is 4.83. The molecule has 0 spiro atoms. The maximum atomic E-state index is 12.3. The second-order valence-electron chi connectivity index (χ2n) is 8.27. The van der Waals surface area contributed by atoms with Crippen LogP contribution in [0.15, 0.2) is 71.1 Å². The van der Waals surface area contributed by atoms with Crippen molar-refractivity contribution in [3.05, 3.63) is 93.2 Å². The van der Waals surface area contributed by atoms with E-state index in [0.717, 1.165) is 36.0 Å². The van der Waals surface area contributed by atoms with Crippen molar-refractivity contribution < 1.29 is 4.79 Å². The molecule has 0 aliphatic carbocycles. The Labute approximate surface area is 188 Å². The van der Waals surface area contributed by atoms with Gasteiger partial charge in [0.05, 0.1) is 6.21 Å². The van der Waals surface area contributed by atoms with Crippen LogP contribution in [0.4, 0.5) is 0 Å². The Morgan fingerprint density at radius 1 is 1.06 bits per heavy atom. The average Bonchev–Trinajstić information content (AvgIpc) is 3.21. The highest BCUT2D eigenvalue weighted by atomic mass is 32.1. The number of carbonyl (C=O) groups is 1. The summed E-state index contributed by atoms with van der Waals surface area (Å²) in [6.45, 7) is 5.24. The van der Waals surface area contributed by atoms with E-state index in [0.29, 0.717) is 5.56 Å². The number of aryl methyl sites for hydroxylation is 1. The van der Waals surface area contributed by atoms with Crippen LogP contribution in [0.25, 0.3) is 0 Å². The van der Waals surface area contributed by atoms with Crippen LogP contribution in [0, 0.1) is 12.8 Å². The summed E-state index contributed by atoms with van der Waals surface area (Å²) in [5, 5.41) is 6.10. The standard InChI is InChI=1S/C26H29N3OS/c1-20-13-16-31-25(20)18-27-28-26(30)24-9-7-23(8-10-24)19-29-14-11-22(12-15-29)17-21-5-3-2-4-6-21/h2-10,13,16,18,22H,11-12,14-15,17,19H2,1H3,(H,28,30)/b27-18-. The third-order valence-corrected chi connectivity index (χ3v) is 6.90. The minimum Gasteiger partial charge on any atom is -0.299 e. The lowest BCUT2D eigenvalue weighted by atomic mass is 9.90. The number of nitrogens with one attached hydrogen (secondary N) is 1. The predicted molar refractivity (Wildman–Crippen MR) is 129 cm³/mol. The van der Waals surface area contributed by atoms with Gasteiger partial charge in [0, 0.05) is 17.0 Å². The SMILES string of the molecule is Cc1ccsc1/C=N\NC(=O)c1ccc(CN2CCC(Cc3ccccc3)CC2)cc1. The molecule has 3 aromatic rings. The van der Waals surface area contributed by atoms with E-state index in [4.69, 9.17) is 0 Å². The van der Waals surface area contributed by atoms with Crippen molar-refractivity contribution in [2.75, 3.05) is 13.1 Å². The number of piperidine rings is 1. The fraction of sp³-hybridized carbons (Fsp3) is 0.308. The number of hydrogen-bond donors (Lipinski definition) is 1. The Balaban J connectivity index is 1.23. The molecule has 1 amide bonds. The highest BCUT2D eigenvalue weighted by molar-refractivity contribution is 7.11. The van der Waals surface area contributed by atoms with E-state index in [1.54, 1.807) is 17.6 Å². The minimum absolute atomic E-state index is 0.182. The third kappa shape index (κ3) is 6.12. The number of hydrogen-bond acceptors (Lipinski definition) is 4. The zero-order chi connectivity index (χ0) is 21.5. The van der Waals surface area contributed by atoms with Gasteiger partial charge in [0.2, 0.25) is 0 Å². The number of rotatable bonds is 7. The number of benzene rings is 2. The molecule has 1 aliphatic heterocycles. The van der Waals surface area contributed by atoms with E-state index in [1.165, 1.54) is 30.4 Å². The van der Waals surface area contributed by atoms with E-state index in [-0.39, 0.29) is 5.91 Å². The summed E-state index contributed by atoms with van der Waals surface area (Å²) < 4.78 is 0. The maximum Gasteiger partial charge on any atom is 0.271 e. The lowest BCUT2D eigenvalue weighted by Crippen LogP contribution is -2.33. The van der Waals surface area contributed by atoms with Crippen LogP contribution >= 0.6 is 11.3 Å². The zero-order valence-corrected chi connectivity index (χ0v) is 18.8. The predicted octanol–water partition coefficient (Wildman–Crippen LogP) is 5.28.